The third-order valence-corrected chi connectivity index (χ3v) is 4.92. The van der Waals surface area contributed by atoms with E-state index in [-0.39, 0.29) is 30.2 Å². The van der Waals surface area contributed by atoms with Gasteiger partial charge in [0.05, 0.1) is 19.4 Å². The molecule has 2 aliphatic rings. The second-order valence-corrected chi connectivity index (χ2v) is 6.84. The van der Waals surface area contributed by atoms with Crippen molar-refractivity contribution in [3.63, 3.8) is 0 Å². The molecule has 3 N–H and O–H groups in total. The molecule has 1 aliphatic carbocycles. The average Bonchev–Trinajstić information content (AvgIpc) is 2.55. The standard InChI is InChI=1S/C18H25N3O3/c1-11-6-7-15-14(8-11)17(23)21-18(19-15)20-16(22)10-12-4-3-5-13(9-12)24-2/h3-5,9,11,14-15,18-19H,6-8,10H2,1-2H3,(H,20,22)(H,21,23). The fourth-order valence-electron chi connectivity index (χ4n) is 3.63. The summed E-state index contributed by atoms with van der Waals surface area (Å²) in [6, 6.07) is 7.57. The number of fused-ring (bicyclic) bond motifs is 1. The summed E-state index contributed by atoms with van der Waals surface area (Å²) in [4.78, 5) is 24.5. The summed E-state index contributed by atoms with van der Waals surface area (Å²) in [5.41, 5.74) is 0.873. The van der Waals surface area contributed by atoms with Crippen molar-refractivity contribution in [3.8, 4) is 5.75 Å². The van der Waals surface area contributed by atoms with Crippen molar-refractivity contribution >= 4 is 11.8 Å². The lowest BCUT2D eigenvalue weighted by molar-refractivity contribution is -0.133. The summed E-state index contributed by atoms with van der Waals surface area (Å²) >= 11 is 0. The van der Waals surface area contributed by atoms with Gasteiger partial charge in [0, 0.05) is 6.04 Å². The molecule has 0 aromatic heterocycles. The number of carbonyl (C=O) groups is 2. The number of benzene rings is 1. The third-order valence-electron chi connectivity index (χ3n) is 4.92. The van der Waals surface area contributed by atoms with Gasteiger partial charge in [-0.05, 0) is 42.9 Å². The second kappa shape index (κ2) is 7.21. The number of rotatable bonds is 4. The number of ether oxygens (including phenoxy) is 1. The average molecular weight is 331 g/mol. The second-order valence-electron chi connectivity index (χ2n) is 6.84. The Bertz CT molecular complexity index is 619. The van der Waals surface area contributed by atoms with Gasteiger partial charge in [-0.1, -0.05) is 19.1 Å². The van der Waals surface area contributed by atoms with E-state index in [2.05, 4.69) is 22.9 Å². The van der Waals surface area contributed by atoms with Crippen molar-refractivity contribution in [2.75, 3.05) is 7.11 Å². The summed E-state index contributed by atoms with van der Waals surface area (Å²) in [6.45, 7) is 2.19. The number of amides is 2. The molecule has 1 aromatic carbocycles. The molecule has 1 heterocycles. The largest absolute Gasteiger partial charge is 0.497 e. The Morgan fingerprint density at radius 3 is 3.00 bits per heavy atom. The minimum atomic E-state index is -0.495. The van der Waals surface area contributed by atoms with Gasteiger partial charge in [-0.3, -0.25) is 14.9 Å². The molecular weight excluding hydrogens is 306 g/mol. The van der Waals surface area contributed by atoms with Crippen LogP contribution in [-0.4, -0.2) is 31.3 Å². The zero-order valence-electron chi connectivity index (χ0n) is 14.2. The first kappa shape index (κ1) is 16.8. The summed E-state index contributed by atoms with van der Waals surface area (Å²) in [5, 5.41) is 9.08. The van der Waals surface area contributed by atoms with Gasteiger partial charge in [0.25, 0.3) is 0 Å². The predicted molar refractivity (Wildman–Crippen MR) is 90.2 cm³/mol. The molecule has 6 nitrogen and oxygen atoms in total. The van der Waals surface area contributed by atoms with Crippen LogP contribution < -0.4 is 20.7 Å². The minimum Gasteiger partial charge on any atom is -0.497 e. The van der Waals surface area contributed by atoms with E-state index < -0.39 is 6.29 Å². The Hall–Kier alpha value is -2.08. The van der Waals surface area contributed by atoms with E-state index >= 15 is 0 Å². The molecule has 0 spiro atoms. The Kier molecular flexibility index (Phi) is 5.04. The van der Waals surface area contributed by atoms with Gasteiger partial charge in [-0.25, -0.2) is 0 Å². The van der Waals surface area contributed by atoms with Crippen LogP contribution in [0.1, 0.15) is 31.7 Å². The van der Waals surface area contributed by atoms with Crippen LogP contribution in [0.5, 0.6) is 5.75 Å². The minimum absolute atomic E-state index is 0.0142. The van der Waals surface area contributed by atoms with E-state index in [4.69, 9.17) is 4.74 Å². The Labute approximate surface area is 142 Å². The lowest BCUT2D eigenvalue weighted by Crippen LogP contribution is -2.68. The van der Waals surface area contributed by atoms with Crippen LogP contribution in [0.3, 0.4) is 0 Å². The highest BCUT2D eigenvalue weighted by Gasteiger charge is 2.39. The van der Waals surface area contributed by atoms with E-state index in [1.54, 1.807) is 7.11 Å². The van der Waals surface area contributed by atoms with Crippen molar-refractivity contribution in [1.82, 2.24) is 16.0 Å². The number of nitrogens with one attached hydrogen (secondary N) is 3. The molecule has 2 fully saturated rings. The van der Waals surface area contributed by atoms with Gasteiger partial charge in [0.1, 0.15) is 5.75 Å². The highest BCUT2D eigenvalue weighted by Crippen LogP contribution is 2.30. The molecule has 2 amide bonds. The maximum Gasteiger partial charge on any atom is 0.227 e. The molecule has 4 unspecified atom stereocenters. The Morgan fingerprint density at radius 1 is 1.38 bits per heavy atom. The number of hydrogen-bond donors (Lipinski definition) is 3. The normalized spacial score (nSPS) is 29.3. The van der Waals surface area contributed by atoms with Gasteiger partial charge < -0.3 is 15.4 Å². The van der Waals surface area contributed by atoms with Crippen molar-refractivity contribution in [2.24, 2.45) is 11.8 Å². The van der Waals surface area contributed by atoms with Gasteiger partial charge in [-0.15, -0.1) is 0 Å². The van der Waals surface area contributed by atoms with Gasteiger partial charge in [0.2, 0.25) is 11.8 Å². The van der Waals surface area contributed by atoms with Gasteiger partial charge in [-0.2, -0.15) is 0 Å². The number of hydrogen-bond acceptors (Lipinski definition) is 4. The molecule has 6 heteroatoms. The van der Waals surface area contributed by atoms with Crippen LogP contribution in [0.25, 0.3) is 0 Å². The maximum atomic E-state index is 12.3. The van der Waals surface area contributed by atoms with Crippen LogP contribution in [-0.2, 0) is 16.0 Å². The van der Waals surface area contributed by atoms with E-state index in [0.717, 1.165) is 30.6 Å². The van der Waals surface area contributed by atoms with E-state index in [1.807, 2.05) is 24.3 Å². The van der Waals surface area contributed by atoms with Crippen LogP contribution in [0, 0.1) is 11.8 Å². The van der Waals surface area contributed by atoms with E-state index in [9.17, 15) is 9.59 Å². The van der Waals surface area contributed by atoms with Gasteiger partial charge in [0.15, 0.2) is 6.29 Å². The Morgan fingerprint density at radius 2 is 2.21 bits per heavy atom. The summed E-state index contributed by atoms with van der Waals surface area (Å²) in [6.07, 6.45) is 2.75. The zero-order valence-corrected chi connectivity index (χ0v) is 14.2. The highest BCUT2D eigenvalue weighted by atomic mass is 16.5. The zero-order chi connectivity index (χ0) is 17.1. The predicted octanol–water partition coefficient (Wildman–Crippen LogP) is 1.16. The van der Waals surface area contributed by atoms with E-state index in [1.165, 1.54) is 0 Å². The summed E-state index contributed by atoms with van der Waals surface area (Å²) in [7, 11) is 1.60. The monoisotopic (exact) mass is 331 g/mol. The van der Waals surface area contributed by atoms with E-state index in [0.29, 0.717) is 5.92 Å². The number of methoxy groups -OCH3 is 1. The van der Waals surface area contributed by atoms with Crippen molar-refractivity contribution in [2.45, 2.75) is 44.9 Å². The third kappa shape index (κ3) is 3.87. The molecule has 1 aliphatic heterocycles. The summed E-state index contributed by atoms with van der Waals surface area (Å²) < 4.78 is 5.17. The topological polar surface area (TPSA) is 79.5 Å². The smallest absolute Gasteiger partial charge is 0.227 e. The molecular formula is C18H25N3O3. The van der Waals surface area contributed by atoms with Crippen LogP contribution >= 0.6 is 0 Å². The first-order valence-electron chi connectivity index (χ1n) is 8.54. The number of carbonyl (C=O) groups excluding carboxylic acids is 2. The first-order chi connectivity index (χ1) is 11.5. The van der Waals surface area contributed by atoms with Crippen LogP contribution in [0.2, 0.25) is 0 Å². The molecule has 4 atom stereocenters. The molecule has 3 rings (SSSR count). The molecule has 1 saturated heterocycles. The van der Waals surface area contributed by atoms with Crippen LogP contribution in [0.15, 0.2) is 24.3 Å². The van der Waals surface area contributed by atoms with Crippen molar-refractivity contribution < 1.29 is 14.3 Å². The maximum absolute atomic E-state index is 12.3. The highest BCUT2D eigenvalue weighted by molar-refractivity contribution is 5.83. The molecule has 1 saturated carbocycles. The fraction of sp³-hybridized carbons (Fsp3) is 0.556. The lowest BCUT2D eigenvalue weighted by atomic mass is 9.77. The fourth-order valence-corrected chi connectivity index (χ4v) is 3.63. The molecule has 24 heavy (non-hydrogen) atoms. The van der Waals surface area contributed by atoms with Gasteiger partial charge >= 0.3 is 0 Å². The summed E-state index contributed by atoms with van der Waals surface area (Å²) in [5.74, 6) is 1.22. The quantitative estimate of drug-likeness (QED) is 0.774. The lowest BCUT2D eigenvalue weighted by Gasteiger charge is -2.41. The van der Waals surface area contributed by atoms with Crippen LogP contribution in [0.4, 0.5) is 0 Å². The van der Waals surface area contributed by atoms with Crippen molar-refractivity contribution in [1.29, 1.82) is 0 Å². The molecule has 0 radical (unpaired) electrons. The molecule has 1 aromatic rings. The Balaban J connectivity index is 1.56. The van der Waals surface area contributed by atoms with Crippen molar-refractivity contribution in [3.05, 3.63) is 29.8 Å². The molecule has 130 valence electrons. The first-order valence-corrected chi connectivity index (χ1v) is 8.54. The molecule has 0 bridgehead atoms. The SMILES string of the molecule is COc1cccc(CC(=O)NC2NC(=O)C3CC(C)CCC3N2)c1.